The third-order valence-corrected chi connectivity index (χ3v) is 11.4. The number of quaternary nitrogens is 1. The predicted molar refractivity (Wildman–Crippen MR) is 252 cm³/mol. The van der Waals surface area contributed by atoms with Crippen LogP contribution < -0.4 is 0 Å². The summed E-state index contributed by atoms with van der Waals surface area (Å²) < 4.78 is 34.3. The molecule has 1 unspecified atom stereocenters. The third-order valence-electron chi connectivity index (χ3n) is 10.4. The lowest BCUT2D eigenvalue weighted by atomic mass is 10.0. The second-order valence-electron chi connectivity index (χ2n) is 17.5. The van der Waals surface area contributed by atoms with E-state index in [0.717, 1.165) is 57.8 Å². The first kappa shape index (κ1) is 58.0. The topological polar surface area (TPSA) is 108 Å². The summed E-state index contributed by atoms with van der Waals surface area (Å²) in [6, 6.07) is 0. The van der Waals surface area contributed by atoms with Crippen LogP contribution in [0.25, 0.3) is 0 Å². The molecule has 0 aromatic heterocycles. The Morgan fingerprint density at radius 2 is 0.950 bits per heavy atom. The highest BCUT2D eigenvalue weighted by molar-refractivity contribution is 7.47. The predicted octanol–water partition coefficient (Wildman–Crippen LogP) is 14.2. The van der Waals surface area contributed by atoms with Crippen molar-refractivity contribution >= 4 is 19.8 Å². The molecule has 0 radical (unpaired) electrons. The molecule has 9 nitrogen and oxygen atoms in total. The molecule has 0 rings (SSSR count). The van der Waals surface area contributed by atoms with E-state index in [2.05, 4.69) is 62.5 Å². The number of ether oxygens (including phenoxy) is 2. The summed E-state index contributed by atoms with van der Waals surface area (Å²) in [4.78, 5) is 35.4. The molecule has 2 atom stereocenters. The van der Waals surface area contributed by atoms with Crippen molar-refractivity contribution in [1.29, 1.82) is 0 Å². The Bertz CT molecular complexity index is 1160. The number of carbonyl (C=O) groups excluding carboxylic acids is 2. The van der Waals surface area contributed by atoms with Crippen LogP contribution >= 0.6 is 7.82 Å². The molecule has 0 bridgehead atoms. The Hall–Kier alpha value is -2.03. The van der Waals surface area contributed by atoms with Crippen molar-refractivity contribution in [2.75, 3.05) is 47.5 Å². The minimum atomic E-state index is -4.39. The molecule has 0 saturated carbocycles. The summed E-state index contributed by atoms with van der Waals surface area (Å²) in [5, 5.41) is 0. The SMILES string of the molecule is CC/C=C/C/C=C/C/C=C/C/C=C/CCCCC(=O)O[C@@H](COC(=O)CCCCCCCCCCCCCCCCCCCCCCC)COP(=O)(O)OCC[N+](C)(C)C. The van der Waals surface area contributed by atoms with Crippen molar-refractivity contribution in [3.05, 3.63) is 48.6 Å². The van der Waals surface area contributed by atoms with Crippen LogP contribution in [0.5, 0.6) is 0 Å². The van der Waals surface area contributed by atoms with Gasteiger partial charge >= 0.3 is 19.8 Å². The fraction of sp³-hybridized carbons (Fsp3) is 0.800. The van der Waals surface area contributed by atoms with Crippen LogP contribution in [0.4, 0.5) is 0 Å². The Balaban J connectivity index is 4.28. The number of unbranched alkanes of at least 4 members (excludes halogenated alkanes) is 22. The van der Waals surface area contributed by atoms with Gasteiger partial charge in [0.1, 0.15) is 19.8 Å². The Morgan fingerprint density at radius 3 is 1.42 bits per heavy atom. The van der Waals surface area contributed by atoms with Gasteiger partial charge in [-0.25, -0.2) is 4.57 Å². The van der Waals surface area contributed by atoms with E-state index in [4.69, 9.17) is 18.5 Å². The molecule has 0 spiro atoms. The number of phosphoric ester groups is 1. The van der Waals surface area contributed by atoms with Crippen LogP contribution in [0.2, 0.25) is 0 Å². The summed E-state index contributed by atoms with van der Waals surface area (Å²) in [6.07, 6.45) is 50.3. The average molecular weight is 867 g/mol. The lowest BCUT2D eigenvalue weighted by Crippen LogP contribution is -2.37. The maximum absolute atomic E-state index is 12.7. The van der Waals surface area contributed by atoms with Crippen LogP contribution in [0, 0.1) is 0 Å². The highest BCUT2D eigenvalue weighted by Gasteiger charge is 2.27. The number of nitrogens with zero attached hydrogens (tertiary/aromatic N) is 1. The minimum Gasteiger partial charge on any atom is -0.462 e. The number of likely N-dealkylation sites (N-methyl/N-ethyl adjacent to an activating group) is 1. The minimum absolute atomic E-state index is 0.0233. The summed E-state index contributed by atoms with van der Waals surface area (Å²) in [7, 11) is 1.45. The zero-order valence-corrected chi connectivity index (χ0v) is 40.3. The fourth-order valence-electron chi connectivity index (χ4n) is 6.59. The number of phosphoric acid groups is 1. The molecule has 0 aliphatic rings. The van der Waals surface area contributed by atoms with Crippen LogP contribution in [0.15, 0.2) is 48.6 Å². The Morgan fingerprint density at radius 1 is 0.533 bits per heavy atom. The summed E-state index contributed by atoms with van der Waals surface area (Å²) in [5.41, 5.74) is 0. The molecule has 0 aliphatic carbocycles. The van der Waals surface area contributed by atoms with Gasteiger partial charge in [-0.1, -0.05) is 191 Å². The highest BCUT2D eigenvalue weighted by Crippen LogP contribution is 2.43. The second kappa shape index (κ2) is 42.3. The van der Waals surface area contributed by atoms with E-state index < -0.39 is 26.5 Å². The standard InChI is InChI=1S/C50H92NO8P/c1-6-8-10-12-14-16-18-20-22-23-24-25-26-27-29-30-32-34-36-38-40-42-49(52)56-46-48(47-58-60(54,55)57-45-44-51(3,4)5)59-50(53)43-41-39-37-35-33-31-28-21-19-17-15-13-11-9-7-2/h9,11,15,17,21,28,33,35,48H,6-8,10,12-14,16,18-20,22-27,29-32,34,36-47H2,1-5H3/p+1/b11-9+,17-15+,28-21+,35-33+/t48-/m0/s1. The number of allylic oxidation sites excluding steroid dienone is 8. The largest absolute Gasteiger partial charge is 0.472 e. The van der Waals surface area contributed by atoms with E-state index in [1.807, 2.05) is 21.1 Å². The molecular weight excluding hydrogens is 774 g/mol. The van der Waals surface area contributed by atoms with E-state index in [9.17, 15) is 19.0 Å². The van der Waals surface area contributed by atoms with Crippen molar-refractivity contribution in [3.8, 4) is 0 Å². The number of esters is 2. The van der Waals surface area contributed by atoms with Gasteiger partial charge < -0.3 is 18.9 Å². The van der Waals surface area contributed by atoms with E-state index in [0.29, 0.717) is 17.4 Å². The van der Waals surface area contributed by atoms with Gasteiger partial charge in [-0.15, -0.1) is 0 Å². The normalized spacial score (nSPS) is 13.9. The first-order valence-electron chi connectivity index (χ1n) is 24.4. The van der Waals surface area contributed by atoms with Crippen LogP contribution in [-0.2, 0) is 32.7 Å². The van der Waals surface area contributed by atoms with Gasteiger partial charge in [-0.3, -0.25) is 18.6 Å². The van der Waals surface area contributed by atoms with Gasteiger partial charge in [0.2, 0.25) is 0 Å². The number of rotatable bonds is 44. The van der Waals surface area contributed by atoms with E-state index >= 15 is 0 Å². The quantitative estimate of drug-likeness (QED) is 0.0212. The number of hydrogen-bond donors (Lipinski definition) is 1. The summed E-state index contributed by atoms with van der Waals surface area (Å²) in [6.45, 7) is 4.28. The van der Waals surface area contributed by atoms with Crippen LogP contribution in [-0.4, -0.2) is 74.9 Å². The fourth-order valence-corrected chi connectivity index (χ4v) is 7.34. The molecule has 0 fully saturated rings. The second-order valence-corrected chi connectivity index (χ2v) is 18.9. The van der Waals surface area contributed by atoms with Crippen LogP contribution in [0.1, 0.15) is 206 Å². The zero-order chi connectivity index (χ0) is 44.3. The monoisotopic (exact) mass is 867 g/mol. The maximum Gasteiger partial charge on any atom is 0.472 e. The van der Waals surface area contributed by atoms with E-state index in [1.54, 1.807) is 0 Å². The van der Waals surface area contributed by atoms with Gasteiger partial charge in [-0.05, 0) is 51.4 Å². The van der Waals surface area contributed by atoms with Crippen LogP contribution in [0.3, 0.4) is 0 Å². The van der Waals surface area contributed by atoms with Crippen molar-refractivity contribution in [2.24, 2.45) is 0 Å². The lowest BCUT2D eigenvalue weighted by Gasteiger charge is -2.24. The van der Waals surface area contributed by atoms with Crippen molar-refractivity contribution in [1.82, 2.24) is 0 Å². The molecule has 0 aromatic rings. The van der Waals surface area contributed by atoms with Crippen molar-refractivity contribution in [3.63, 3.8) is 0 Å². The molecule has 60 heavy (non-hydrogen) atoms. The molecule has 350 valence electrons. The molecule has 0 amide bonds. The summed E-state index contributed by atoms with van der Waals surface area (Å²) >= 11 is 0. The third kappa shape index (κ3) is 45.5. The first-order valence-corrected chi connectivity index (χ1v) is 25.9. The molecular formula is C50H93NO8P+. The molecule has 0 aromatic carbocycles. The van der Waals surface area contributed by atoms with Gasteiger partial charge in [0.25, 0.3) is 0 Å². The van der Waals surface area contributed by atoms with E-state index in [1.165, 1.54) is 116 Å². The van der Waals surface area contributed by atoms with Gasteiger partial charge in [0, 0.05) is 12.8 Å². The Labute approximate surface area is 369 Å². The number of hydrogen-bond acceptors (Lipinski definition) is 7. The summed E-state index contributed by atoms with van der Waals surface area (Å²) in [5.74, 6) is -0.842. The molecule has 1 N–H and O–H groups in total. The maximum atomic E-state index is 12.7. The van der Waals surface area contributed by atoms with Gasteiger partial charge in [0.15, 0.2) is 6.10 Å². The number of carbonyl (C=O) groups is 2. The lowest BCUT2D eigenvalue weighted by molar-refractivity contribution is -0.870. The Kier molecular flexibility index (Phi) is 40.8. The van der Waals surface area contributed by atoms with Gasteiger partial charge in [0.05, 0.1) is 27.7 Å². The molecule has 10 heteroatoms. The van der Waals surface area contributed by atoms with Crippen molar-refractivity contribution in [2.45, 2.75) is 213 Å². The average Bonchev–Trinajstić information content (AvgIpc) is 3.20. The van der Waals surface area contributed by atoms with Crippen molar-refractivity contribution < 1.29 is 42.1 Å². The smallest absolute Gasteiger partial charge is 0.462 e. The van der Waals surface area contributed by atoms with E-state index in [-0.39, 0.29) is 32.0 Å². The zero-order valence-electron chi connectivity index (χ0n) is 39.4. The van der Waals surface area contributed by atoms with Gasteiger partial charge in [-0.2, -0.15) is 0 Å². The first-order chi connectivity index (χ1) is 29.0. The molecule has 0 saturated heterocycles. The molecule has 0 aliphatic heterocycles. The molecule has 0 heterocycles. The highest BCUT2D eigenvalue weighted by atomic mass is 31.2.